The van der Waals surface area contributed by atoms with Crippen molar-refractivity contribution in [2.45, 2.75) is 12.8 Å². The quantitative estimate of drug-likeness (QED) is 0.544. The first-order valence-electron chi connectivity index (χ1n) is 7.41. The number of hydrogen-bond donors (Lipinski definition) is 0. The van der Waals surface area contributed by atoms with Crippen LogP contribution in [-0.4, -0.2) is 25.6 Å². The molecule has 0 amide bonds. The third kappa shape index (κ3) is 2.57. The first kappa shape index (κ1) is 13.6. The molecule has 0 saturated heterocycles. The second kappa shape index (κ2) is 5.61. The molecule has 0 spiro atoms. The van der Waals surface area contributed by atoms with Crippen LogP contribution in [0.2, 0.25) is 0 Å². The van der Waals surface area contributed by atoms with Crippen molar-refractivity contribution in [2.24, 2.45) is 0 Å². The van der Waals surface area contributed by atoms with Crippen LogP contribution in [0.25, 0.3) is 16.7 Å². The van der Waals surface area contributed by atoms with Crippen molar-refractivity contribution in [3.63, 3.8) is 0 Å². The second-order valence-corrected chi connectivity index (χ2v) is 5.46. The maximum absolute atomic E-state index is 10.7. The van der Waals surface area contributed by atoms with Gasteiger partial charge in [0.05, 0.1) is 11.7 Å². The summed E-state index contributed by atoms with van der Waals surface area (Å²) in [5, 5.41) is 1.12. The molecule has 0 aliphatic carbocycles. The van der Waals surface area contributed by atoms with E-state index in [1.807, 2.05) is 28.9 Å². The Morgan fingerprint density at radius 3 is 2.87 bits per heavy atom. The fourth-order valence-electron chi connectivity index (χ4n) is 2.74. The van der Waals surface area contributed by atoms with Gasteiger partial charge in [0.25, 0.3) is 0 Å². The molecule has 0 unspecified atom stereocenters. The van der Waals surface area contributed by atoms with Gasteiger partial charge in [0.15, 0.2) is 0 Å². The highest BCUT2D eigenvalue weighted by molar-refractivity contribution is 5.79. The first-order chi connectivity index (χ1) is 11.3. The molecule has 4 rings (SSSR count). The zero-order chi connectivity index (χ0) is 15.6. The highest BCUT2D eigenvalue weighted by Gasteiger charge is 2.07. The minimum absolute atomic E-state index is 0.363. The molecule has 0 fully saturated rings. The molecule has 0 aliphatic heterocycles. The molecule has 1 aromatic carbocycles. The van der Waals surface area contributed by atoms with E-state index in [0.717, 1.165) is 34.9 Å². The fourth-order valence-corrected chi connectivity index (χ4v) is 2.74. The Bertz CT molecular complexity index is 1010. The van der Waals surface area contributed by atoms with Crippen LogP contribution in [-0.2, 0) is 17.6 Å². The summed E-state index contributed by atoms with van der Waals surface area (Å²) in [6.45, 7) is 0. The van der Waals surface area contributed by atoms with Crippen LogP contribution >= 0.6 is 0 Å². The predicted molar refractivity (Wildman–Crippen MR) is 87.3 cm³/mol. The monoisotopic (exact) mass is 302 g/mol. The molecule has 0 atom stereocenters. The number of aromatic nitrogens is 4. The molecule has 0 N–H and O–H groups in total. The van der Waals surface area contributed by atoms with Gasteiger partial charge in [-0.15, -0.1) is 0 Å². The average Bonchev–Trinajstić information content (AvgIpc) is 2.97. The van der Waals surface area contributed by atoms with Gasteiger partial charge < -0.3 is 4.79 Å². The van der Waals surface area contributed by atoms with E-state index in [2.05, 4.69) is 33.2 Å². The molecule has 4 aromatic rings. The molecule has 0 radical (unpaired) electrons. The lowest BCUT2D eigenvalue weighted by Crippen LogP contribution is -1.99. The minimum atomic E-state index is 0.363. The van der Waals surface area contributed by atoms with Gasteiger partial charge in [0.1, 0.15) is 6.29 Å². The van der Waals surface area contributed by atoms with Crippen molar-refractivity contribution in [1.29, 1.82) is 0 Å². The zero-order valence-corrected chi connectivity index (χ0v) is 12.4. The highest BCUT2D eigenvalue weighted by Crippen LogP contribution is 2.17. The van der Waals surface area contributed by atoms with Crippen molar-refractivity contribution in [2.75, 3.05) is 0 Å². The number of pyridine rings is 1. The lowest BCUT2D eigenvalue weighted by Gasteiger charge is -2.05. The first-order valence-corrected chi connectivity index (χ1v) is 7.41. The number of nitrogens with zero attached hydrogens (tertiary/aromatic N) is 4. The van der Waals surface area contributed by atoms with Crippen LogP contribution in [0.4, 0.5) is 0 Å². The van der Waals surface area contributed by atoms with E-state index in [9.17, 15) is 4.79 Å². The SMILES string of the molecule is O=CCc1cnc2ncc(Cc3ccc4ncccc4c3)n2c1. The molecule has 0 aliphatic rings. The van der Waals surface area contributed by atoms with Gasteiger partial charge in [-0.1, -0.05) is 12.1 Å². The standard InChI is InChI=1S/C18H14N4O/c23-7-5-14-10-20-18-21-11-16(22(18)12-14)9-13-3-4-17-15(8-13)2-1-6-19-17/h1-4,6-8,10-12H,5,9H2. The third-order valence-electron chi connectivity index (χ3n) is 3.87. The number of benzene rings is 1. The smallest absolute Gasteiger partial charge is 0.233 e. The van der Waals surface area contributed by atoms with Gasteiger partial charge in [0, 0.05) is 42.5 Å². The number of aldehydes is 1. The maximum atomic E-state index is 10.7. The third-order valence-corrected chi connectivity index (χ3v) is 3.87. The van der Waals surface area contributed by atoms with Gasteiger partial charge in [-0.2, -0.15) is 0 Å². The molecule has 3 heterocycles. The van der Waals surface area contributed by atoms with E-state index in [-0.39, 0.29) is 0 Å². The normalized spacial score (nSPS) is 11.1. The van der Waals surface area contributed by atoms with Crippen molar-refractivity contribution >= 4 is 23.0 Å². The lowest BCUT2D eigenvalue weighted by atomic mass is 10.1. The molecule has 3 aromatic heterocycles. The molecule has 5 heteroatoms. The Morgan fingerprint density at radius 1 is 1.04 bits per heavy atom. The number of rotatable bonds is 4. The van der Waals surface area contributed by atoms with Crippen molar-refractivity contribution < 1.29 is 4.79 Å². The highest BCUT2D eigenvalue weighted by atomic mass is 16.1. The second-order valence-electron chi connectivity index (χ2n) is 5.46. The minimum Gasteiger partial charge on any atom is -0.303 e. The Hall–Kier alpha value is -3.08. The van der Waals surface area contributed by atoms with E-state index in [1.54, 1.807) is 12.4 Å². The van der Waals surface area contributed by atoms with Crippen LogP contribution in [0, 0.1) is 0 Å². The van der Waals surface area contributed by atoms with Crippen molar-refractivity contribution in [3.05, 3.63) is 71.9 Å². The van der Waals surface area contributed by atoms with Crippen molar-refractivity contribution in [3.8, 4) is 0 Å². The summed E-state index contributed by atoms with van der Waals surface area (Å²) >= 11 is 0. The summed E-state index contributed by atoms with van der Waals surface area (Å²) in [5.74, 6) is 0.650. The molecule has 5 nitrogen and oxygen atoms in total. The molecule has 0 bridgehead atoms. The molecular formula is C18H14N4O. The Kier molecular flexibility index (Phi) is 3.31. The van der Waals surface area contributed by atoms with Gasteiger partial charge in [-0.05, 0) is 29.3 Å². The number of hydrogen-bond acceptors (Lipinski definition) is 4. The maximum Gasteiger partial charge on any atom is 0.233 e. The summed E-state index contributed by atoms with van der Waals surface area (Å²) in [6, 6.07) is 10.3. The summed E-state index contributed by atoms with van der Waals surface area (Å²) in [4.78, 5) is 23.7. The van der Waals surface area contributed by atoms with E-state index >= 15 is 0 Å². The van der Waals surface area contributed by atoms with Gasteiger partial charge in [-0.25, -0.2) is 9.97 Å². The van der Waals surface area contributed by atoms with Gasteiger partial charge >= 0.3 is 0 Å². The number of imidazole rings is 1. The van der Waals surface area contributed by atoms with Crippen molar-refractivity contribution in [1.82, 2.24) is 19.4 Å². The molecule has 112 valence electrons. The van der Waals surface area contributed by atoms with Crippen LogP contribution in [0.3, 0.4) is 0 Å². The summed E-state index contributed by atoms with van der Waals surface area (Å²) in [7, 11) is 0. The number of carbonyl (C=O) groups is 1. The van der Waals surface area contributed by atoms with Crippen LogP contribution in [0.15, 0.2) is 55.1 Å². The zero-order valence-electron chi connectivity index (χ0n) is 12.4. The Balaban J connectivity index is 1.73. The lowest BCUT2D eigenvalue weighted by molar-refractivity contribution is -0.107. The molecule has 23 heavy (non-hydrogen) atoms. The van der Waals surface area contributed by atoms with Crippen LogP contribution in [0.1, 0.15) is 16.8 Å². The van der Waals surface area contributed by atoms with Crippen LogP contribution < -0.4 is 0 Å². The Labute approximate surface area is 132 Å². The van der Waals surface area contributed by atoms with E-state index in [4.69, 9.17) is 0 Å². The number of fused-ring (bicyclic) bond motifs is 2. The van der Waals surface area contributed by atoms with E-state index in [0.29, 0.717) is 12.2 Å². The number of carbonyl (C=O) groups excluding carboxylic acids is 1. The topological polar surface area (TPSA) is 60.2 Å². The predicted octanol–water partition coefficient (Wildman–Crippen LogP) is 2.61. The van der Waals surface area contributed by atoms with Crippen LogP contribution in [0.5, 0.6) is 0 Å². The summed E-state index contributed by atoms with van der Waals surface area (Å²) < 4.78 is 1.95. The average molecular weight is 302 g/mol. The van der Waals surface area contributed by atoms with Gasteiger partial charge in [-0.3, -0.25) is 9.38 Å². The summed E-state index contributed by atoms with van der Waals surface area (Å²) in [5.41, 5.74) is 4.11. The van der Waals surface area contributed by atoms with E-state index < -0.39 is 0 Å². The van der Waals surface area contributed by atoms with Gasteiger partial charge in [0.2, 0.25) is 5.78 Å². The summed E-state index contributed by atoms with van der Waals surface area (Å²) in [6.07, 6.45) is 9.26. The Morgan fingerprint density at radius 2 is 1.96 bits per heavy atom. The fraction of sp³-hybridized carbons (Fsp3) is 0.111. The molecular weight excluding hydrogens is 288 g/mol. The molecule has 0 saturated carbocycles. The largest absolute Gasteiger partial charge is 0.303 e. The van der Waals surface area contributed by atoms with E-state index in [1.165, 1.54) is 5.56 Å².